The van der Waals surface area contributed by atoms with E-state index in [0.717, 1.165) is 90.3 Å². The van der Waals surface area contributed by atoms with Crippen LogP contribution in [-0.4, -0.2) is 88.6 Å². The Morgan fingerprint density at radius 1 is 0.467 bits per heavy atom. The molecule has 0 aromatic heterocycles. The molecule has 0 bridgehead atoms. The summed E-state index contributed by atoms with van der Waals surface area (Å²) in [4.78, 5) is 40.2. The molecular formula is C50H93NO9. The number of nitrogens with zero attached hydrogens (tertiary/aromatic N) is 1. The maximum absolute atomic E-state index is 12.9. The van der Waals surface area contributed by atoms with Gasteiger partial charge in [0.1, 0.15) is 19.8 Å². The van der Waals surface area contributed by atoms with Gasteiger partial charge in [-0.15, -0.1) is 0 Å². The number of esters is 2. The predicted molar refractivity (Wildman–Crippen MR) is 246 cm³/mol. The van der Waals surface area contributed by atoms with Crippen LogP contribution in [0.2, 0.25) is 0 Å². The number of allylic oxidation sites excluding steroid dienone is 4. The zero-order valence-electron chi connectivity index (χ0n) is 39.5. The summed E-state index contributed by atoms with van der Waals surface area (Å²) in [5.41, 5.74) is 0. The Labute approximate surface area is 368 Å². The number of carbonyl (C=O) groups excluding carboxylic acids is 3. The molecule has 0 aromatic rings. The van der Waals surface area contributed by atoms with Crippen LogP contribution in [0.25, 0.3) is 0 Å². The first kappa shape index (κ1) is 57.6. The van der Waals surface area contributed by atoms with Gasteiger partial charge in [-0.25, -0.2) is 4.79 Å². The first-order valence-corrected chi connectivity index (χ1v) is 24.8. The number of ether oxygens (including phenoxy) is 6. The average molecular weight is 852 g/mol. The molecule has 0 aliphatic heterocycles. The highest BCUT2D eigenvalue weighted by Gasteiger charge is 2.20. The summed E-state index contributed by atoms with van der Waals surface area (Å²) in [5.74, 6) is -1.22. The minimum Gasteiger partial charge on any atom is -0.465 e. The largest absolute Gasteiger partial charge is 0.508 e. The van der Waals surface area contributed by atoms with Crippen molar-refractivity contribution in [2.24, 2.45) is 5.92 Å². The van der Waals surface area contributed by atoms with Crippen LogP contribution in [0.4, 0.5) is 4.79 Å². The normalized spacial score (nSPS) is 12.2. The highest BCUT2D eigenvalue weighted by molar-refractivity contribution is 5.69. The van der Waals surface area contributed by atoms with Crippen molar-refractivity contribution in [1.29, 1.82) is 0 Å². The van der Waals surface area contributed by atoms with Crippen molar-refractivity contribution in [3.05, 3.63) is 24.3 Å². The lowest BCUT2D eigenvalue weighted by molar-refractivity contribution is -0.161. The van der Waals surface area contributed by atoms with Crippen LogP contribution in [0.3, 0.4) is 0 Å². The summed E-state index contributed by atoms with van der Waals surface area (Å²) in [7, 11) is 0. The van der Waals surface area contributed by atoms with Gasteiger partial charge in [0, 0.05) is 32.6 Å². The first-order chi connectivity index (χ1) is 29.4. The molecule has 352 valence electrons. The van der Waals surface area contributed by atoms with Gasteiger partial charge in [0.15, 0.2) is 6.29 Å². The van der Waals surface area contributed by atoms with E-state index in [0.29, 0.717) is 32.5 Å². The Morgan fingerprint density at radius 2 is 0.933 bits per heavy atom. The third-order valence-corrected chi connectivity index (χ3v) is 10.6. The number of unbranched alkanes of at least 4 members (excludes halogenated alkanes) is 18. The Bertz CT molecular complexity index is 998. The maximum Gasteiger partial charge on any atom is 0.508 e. The standard InChI is InChI=1S/C50H93NO9/c1-6-11-14-17-20-21-22-23-24-25-26-27-28-29-32-36-47(52)58-43-46(45-60-50(54)57-42-35-39-51(9-4)10-5)44-59-48(53)37-38-49(55-40-33-30-18-15-12-7-2)56-41-34-31-19-16-13-8-3/h20-21,23-24,46,49H,6-19,22,25-45H2,1-5H3/b21-20-,24-23-. The lowest BCUT2D eigenvalue weighted by Crippen LogP contribution is -2.28. The Morgan fingerprint density at radius 3 is 1.50 bits per heavy atom. The topological polar surface area (TPSA) is 110 Å². The van der Waals surface area contributed by atoms with Gasteiger partial charge in [-0.2, -0.15) is 0 Å². The van der Waals surface area contributed by atoms with E-state index in [1.54, 1.807) is 0 Å². The highest BCUT2D eigenvalue weighted by Crippen LogP contribution is 2.14. The number of hydrogen-bond acceptors (Lipinski definition) is 10. The molecule has 0 saturated heterocycles. The quantitative estimate of drug-likeness (QED) is 0.0193. The summed E-state index contributed by atoms with van der Waals surface area (Å²) < 4.78 is 34.1. The fourth-order valence-electron chi connectivity index (χ4n) is 6.65. The molecule has 1 unspecified atom stereocenters. The fourth-order valence-corrected chi connectivity index (χ4v) is 6.65. The second-order valence-corrected chi connectivity index (χ2v) is 16.2. The molecule has 0 aliphatic carbocycles. The third-order valence-electron chi connectivity index (χ3n) is 10.6. The number of carbonyl (C=O) groups is 3. The molecule has 0 amide bonds. The fraction of sp³-hybridized carbons (Fsp3) is 0.860. The van der Waals surface area contributed by atoms with E-state index in [4.69, 9.17) is 28.4 Å². The molecule has 60 heavy (non-hydrogen) atoms. The van der Waals surface area contributed by atoms with Crippen molar-refractivity contribution in [1.82, 2.24) is 4.90 Å². The van der Waals surface area contributed by atoms with Crippen molar-refractivity contribution in [2.45, 2.75) is 214 Å². The molecule has 10 heteroatoms. The van der Waals surface area contributed by atoms with Crippen LogP contribution >= 0.6 is 0 Å². The summed E-state index contributed by atoms with van der Waals surface area (Å²) in [5, 5.41) is 0. The lowest BCUT2D eigenvalue weighted by atomic mass is 10.1. The predicted octanol–water partition coefficient (Wildman–Crippen LogP) is 13.2. The number of hydrogen-bond donors (Lipinski definition) is 0. The van der Waals surface area contributed by atoms with Gasteiger partial charge in [-0.1, -0.05) is 155 Å². The zero-order chi connectivity index (χ0) is 44.0. The third kappa shape index (κ3) is 40.9. The van der Waals surface area contributed by atoms with Gasteiger partial charge in [0.2, 0.25) is 0 Å². The Hall–Kier alpha value is -2.43. The van der Waals surface area contributed by atoms with Crippen LogP contribution in [0.1, 0.15) is 208 Å². The van der Waals surface area contributed by atoms with Crippen molar-refractivity contribution in [3.8, 4) is 0 Å². The molecule has 0 heterocycles. The van der Waals surface area contributed by atoms with Crippen LogP contribution in [0.15, 0.2) is 24.3 Å². The lowest BCUT2D eigenvalue weighted by Gasteiger charge is -2.20. The second-order valence-electron chi connectivity index (χ2n) is 16.2. The van der Waals surface area contributed by atoms with Crippen LogP contribution in [0.5, 0.6) is 0 Å². The summed E-state index contributed by atoms with van der Waals surface area (Å²) >= 11 is 0. The van der Waals surface area contributed by atoms with Crippen molar-refractivity contribution >= 4 is 18.1 Å². The Balaban J connectivity index is 4.84. The molecule has 0 fully saturated rings. The van der Waals surface area contributed by atoms with Crippen LogP contribution in [0, 0.1) is 5.92 Å². The van der Waals surface area contributed by atoms with E-state index in [1.165, 1.54) is 77.0 Å². The number of rotatable bonds is 45. The average Bonchev–Trinajstić information content (AvgIpc) is 3.25. The molecular weight excluding hydrogens is 759 g/mol. The highest BCUT2D eigenvalue weighted by atomic mass is 16.7. The zero-order valence-corrected chi connectivity index (χ0v) is 39.5. The molecule has 0 N–H and O–H groups in total. The van der Waals surface area contributed by atoms with Crippen LogP contribution < -0.4 is 0 Å². The summed E-state index contributed by atoms with van der Waals surface area (Å²) in [6.45, 7) is 14.9. The van der Waals surface area contributed by atoms with E-state index in [9.17, 15) is 14.4 Å². The SMILES string of the molecule is CCCCC/C=C\C/C=C\CCCCCCCC(=O)OCC(COC(=O)CCC(OCCCCCCCC)OCCCCCCCC)COC(=O)OCCCN(CC)CC. The van der Waals surface area contributed by atoms with Crippen molar-refractivity contribution in [3.63, 3.8) is 0 Å². The molecule has 0 rings (SSSR count). The smallest absolute Gasteiger partial charge is 0.465 e. The van der Waals surface area contributed by atoms with Crippen molar-refractivity contribution in [2.75, 3.05) is 59.3 Å². The molecule has 0 spiro atoms. The monoisotopic (exact) mass is 852 g/mol. The first-order valence-electron chi connectivity index (χ1n) is 24.8. The molecule has 0 aliphatic rings. The summed E-state index contributed by atoms with van der Waals surface area (Å²) in [6.07, 6.45) is 35.7. The van der Waals surface area contributed by atoms with E-state index in [1.807, 2.05) is 0 Å². The van der Waals surface area contributed by atoms with Gasteiger partial charge in [0.25, 0.3) is 0 Å². The minimum atomic E-state index is -0.782. The molecule has 0 radical (unpaired) electrons. The maximum atomic E-state index is 12.9. The van der Waals surface area contributed by atoms with E-state index >= 15 is 0 Å². The summed E-state index contributed by atoms with van der Waals surface area (Å²) in [6, 6.07) is 0. The molecule has 1 atom stereocenters. The second kappa shape index (κ2) is 46.1. The van der Waals surface area contributed by atoms with Gasteiger partial charge >= 0.3 is 18.1 Å². The van der Waals surface area contributed by atoms with Crippen LogP contribution in [-0.2, 0) is 38.0 Å². The van der Waals surface area contributed by atoms with E-state index in [2.05, 4.69) is 63.8 Å². The van der Waals surface area contributed by atoms with E-state index < -0.39 is 24.3 Å². The van der Waals surface area contributed by atoms with E-state index in [-0.39, 0.29) is 38.8 Å². The van der Waals surface area contributed by atoms with Gasteiger partial charge < -0.3 is 33.3 Å². The molecule has 0 aromatic carbocycles. The van der Waals surface area contributed by atoms with Gasteiger partial charge in [0.05, 0.1) is 18.9 Å². The van der Waals surface area contributed by atoms with Gasteiger partial charge in [-0.05, 0) is 70.9 Å². The Kier molecular flexibility index (Phi) is 44.2. The minimum absolute atomic E-state index is 0.0209. The molecule has 10 nitrogen and oxygen atoms in total. The van der Waals surface area contributed by atoms with Crippen molar-refractivity contribution < 1.29 is 42.8 Å². The van der Waals surface area contributed by atoms with Gasteiger partial charge in [-0.3, -0.25) is 9.59 Å². The molecule has 0 saturated carbocycles.